The lowest BCUT2D eigenvalue weighted by Gasteiger charge is -2.47. The van der Waals surface area contributed by atoms with Crippen LogP contribution in [0.5, 0.6) is 0 Å². The Balaban J connectivity index is 1.82. The Morgan fingerprint density at radius 3 is 2.36 bits per heavy atom. The summed E-state index contributed by atoms with van der Waals surface area (Å²) in [5.74, 6) is 0.265. The second kappa shape index (κ2) is 11.8. The monoisotopic (exact) mass is 600 g/mol. The number of hydrogen-bond donors (Lipinski definition) is 4. The number of aliphatic imine (C=N–C) groups is 2. The van der Waals surface area contributed by atoms with Crippen molar-refractivity contribution in [1.29, 1.82) is 0 Å². The molecule has 4 N–H and O–H groups in total. The number of amides is 2. The van der Waals surface area contributed by atoms with Crippen molar-refractivity contribution in [3.05, 3.63) is 69.2 Å². The van der Waals surface area contributed by atoms with Crippen LogP contribution in [0.1, 0.15) is 53.4 Å². The molecule has 0 fully saturated rings. The van der Waals surface area contributed by atoms with Gasteiger partial charge in [0, 0.05) is 56.2 Å². The van der Waals surface area contributed by atoms with Crippen molar-refractivity contribution >= 4 is 35.4 Å². The molecular formula is C34H44N6O4. The number of methoxy groups -OCH3 is 2. The third kappa shape index (κ3) is 5.20. The van der Waals surface area contributed by atoms with E-state index in [1.807, 2.05) is 43.4 Å². The first-order chi connectivity index (χ1) is 20.9. The minimum atomic E-state index is -1.03. The molecule has 4 unspecified atom stereocenters. The Hall–Kier alpha value is -4.02. The van der Waals surface area contributed by atoms with Crippen LogP contribution >= 0.6 is 0 Å². The van der Waals surface area contributed by atoms with Gasteiger partial charge in [0.1, 0.15) is 11.5 Å². The highest BCUT2D eigenvalue weighted by Gasteiger charge is 2.60. The van der Waals surface area contributed by atoms with Crippen LogP contribution in [0, 0.1) is 5.92 Å². The van der Waals surface area contributed by atoms with Crippen molar-refractivity contribution in [2.75, 3.05) is 28.3 Å². The maximum absolute atomic E-state index is 12.8. The average molecular weight is 601 g/mol. The lowest BCUT2D eigenvalue weighted by molar-refractivity contribution is -0.122. The van der Waals surface area contributed by atoms with Crippen molar-refractivity contribution in [3.8, 4) is 0 Å². The standard InChI is InChI=1S/C34H44N6O4/c1-20-27(13-14-29(41)35-5)33(16-15-30(42)36-6)22(3)34(44-8)21(2)31(43-7)32(4,40-34)19-26-12-11-24(38-26)17-23-9-10-25(37-23)18-28(20)39-33/h9-12,17-19,22,37,40H,13-16H2,1-8H3,(H,35,41)(H,36,42). The summed E-state index contributed by atoms with van der Waals surface area (Å²) < 4.78 is 12.6. The van der Waals surface area contributed by atoms with E-state index in [-0.39, 0.29) is 24.2 Å². The van der Waals surface area contributed by atoms with E-state index in [1.54, 1.807) is 28.3 Å². The Kier molecular flexibility index (Phi) is 8.43. The number of fused-ring (bicyclic) bond motifs is 6. The second-order valence-electron chi connectivity index (χ2n) is 12.1. The molecule has 1 aromatic heterocycles. The van der Waals surface area contributed by atoms with Crippen LogP contribution in [0.25, 0.3) is 12.2 Å². The number of rotatable bonds is 8. The zero-order valence-electron chi connectivity index (χ0n) is 27.0. The van der Waals surface area contributed by atoms with E-state index in [9.17, 15) is 9.59 Å². The minimum absolute atomic E-state index is 0.0553. The number of aromatic amines is 1. The molecule has 0 radical (unpaired) electrons. The third-order valence-corrected chi connectivity index (χ3v) is 9.69. The Morgan fingerprint density at radius 2 is 1.70 bits per heavy atom. The molecule has 0 saturated carbocycles. The summed E-state index contributed by atoms with van der Waals surface area (Å²) in [6.07, 6.45) is 11.5. The first kappa shape index (κ1) is 31.4. The number of allylic oxidation sites excluding steroid dienone is 3. The van der Waals surface area contributed by atoms with Crippen LogP contribution in [0.2, 0.25) is 0 Å². The predicted molar refractivity (Wildman–Crippen MR) is 173 cm³/mol. The van der Waals surface area contributed by atoms with Gasteiger partial charge in [0.2, 0.25) is 11.8 Å². The largest absolute Gasteiger partial charge is 0.499 e. The van der Waals surface area contributed by atoms with E-state index in [1.165, 1.54) is 0 Å². The number of hydrogen-bond acceptors (Lipinski definition) is 7. The van der Waals surface area contributed by atoms with E-state index in [0.29, 0.717) is 19.3 Å². The molecule has 4 aliphatic rings. The number of aromatic nitrogens is 1. The summed E-state index contributed by atoms with van der Waals surface area (Å²) in [5, 5.41) is 11.2. The zero-order valence-corrected chi connectivity index (χ0v) is 27.0. The van der Waals surface area contributed by atoms with Gasteiger partial charge in [-0.2, -0.15) is 0 Å². The highest BCUT2D eigenvalue weighted by atomic mass is 16.5. The van der Waals surface area contributed by atoms with Crippen LogP contribution in [-0.2, 0) is 19.1 Å². The summed E-state index contributed by atoms with van der Waals surface area (Å²) in [5.41, 5.74) is 2.68. The van der Waals surface area contributed by atoms with Crippen LogP contribution in [-0.4, -0.2) is 73.3 Å². The molecule has 234 valence electrons. The lowest BCUT2D eigenvalue weighted by atomic mass is 9.68. The van der Waals surface area contributed by atoms with Gasteiger partial charge in [-0.25, -0.2) is 4.99 Å². The Bertz CT molecular complexity index is 1690. The highest BCUT2D eigenvalue weighted by molar-refractivity contribution is 6.22. The number of carbonyl (C=O) groups is 2. The maximum atomic E-state index is 12.8. The topological polar surface area (TPSA) is 129 Å². The van der Waals surface area contributed by atoms with Crippen LogP contribution in [0.4, 0.5) is 0 Å². The lowest BCUT2D eigenvalue weighted by Crippen LogP contribution is -2.61. The van der Waals surface area contributed by atoms with Gasteiger partial charge in [0.15, 0.2) is 0 Å². The molecule has 5 heterocycles. The van der Waals surface area contributed by atoms with Crippen molar-refractivity contribution in [3.63, 3.8) is 0 Å². The second-order valence-corrected chi connectivity index (χ2v) is 12.1. The first-order valence-electron chi connectivity index (χ1n) is 15.1. The Labute approximate surface area is 258 Å². The fourth-order valence-electron chi connectivity index (χ4n) is 7.43. The SMILES string of the molecule is CNC(=O)CCC1=C(C)C2=NC1(CCC(=O)NC)C(C)C1(OC)NC(C)(C=C3C=CC(=N3)C=c3ccc([nH]3)=C2)C(OC)=C1C. The van der Waals surface area contributed by atoms with Crippen LogP contribution < -0.4 is 26.6 Å². The molecule has 1 aromatic rings. The number of ether oxygens (including phenoxy) is 2. The number of nitrogens with zero attached hydrogens (tertiary/aromatic N) is 2. The molecule has 4 aliphatic heterocycles. The molecular weight excluding hydrogens is 556 g/mol. The summed E-state index contributed by atoms with van der Waals surface area (Å²) in [7, 11) is 6.65. The smallest absolute Gasteiger partial charge is 0.220 e. The predicted octanol–water partition coefficient (Wildman–Crippen LogP) is 2.31. The molecule has 0 saturated heterocycles. The van der Waals surface area contributed by atoms with Crippen molar-refractivity contribution < 1.29 is 19.1 Å². The highest BCUT2D eigenvalue weighted by Crippen LogP contribution is 2.53. The summed E-state index contributed by atoms with van der Waals surface area (Å²) in [6.45, 7) is 8.26. The molecule has 5 rings (SSSR count). The van der Waals surface area contributed by atoms with Gasteiger partial charge in [-0.3, -0.25) is 19.9 Å². The molecule has 8 bridgehead atoms. The normalized spacial score (nSPS) is 29.1. The van der Waals surface area contributed by atoms with Gasteiger partial charge in [-0.15, -0.1) is 0 Å². The summed E-state index contributed by atoms with van der Waals surface area (Å²) in [6, 6.07) is 4.04. The number of nitrogens with one attached hydrogen (secondary N) is 4. The van der Waals surface area contributed by atoms with Crippen molar-refractivity contribution in [1.82, 2.24) is 20.9 Å². The first-order valence-corrected chi connectivity index (χ1v) is 15.1. The zero-order chi connectivity index (χ0) is 31.9. The molecule has 0 spiro atoms. The van der Waals surface area contributed by atoms with E-state index < -0.39 is 16.8 Å². The summed E-state index contributed by atoms with van der Waals surface area (Å²) in [4.78, 5) is 39.2. The fourth-order valence-corrected chi connectivity index (χ4v) is 7.43. The summed E-state index contributed by atoms with van der Waals surface area (Å²) >= 11 is 0. The molecule has 4 atom stereocenters. The van der Waals surface area contributed by atoms with Crippen LogP contribution in [0.15, 0.2) is 68.5 Å². The van der Waals surface area contributed by atoms with Crippen molar-refractivity contribution in [2.45, 2.75) is 70.2 Å². The van der Waals surface area contributed by atoms with E-state index in [4.69, 9.17) is 19.5 Å². The fraction of sp³-hybridized carbons (Fsp3) is 0.471. The minimum Gasteiger partial charge on any atom is -0.499 e. The Morgan fingerprint density at radius 1 is 1.02 bits per heavy atom. The average Bonchev–Trinajstić information content (AvgIpc) is 3.75. The molecule has 2 amide bonds. The van der Waals surface area contributed by atoms with Gasteiger partial charge in [-0.1, -0.05) is 6.92 Å². The number of H-pyrrole nitrogens is 1. The van der Waals surface area contributed by atoms with Gasteiger partial charge >= 0.3 is 0 Å². The van der Waals surface area contributed by atoms with Gasteiger partial charge in [0.25, 0.3) is 0 Å². The molecule has 44 heavy (non-hydrogen) atoms. The quantitative estimate of drug-likeness (QED) is 0.364. The number of carbonyl (C=O) groups excluding carboxylic acids is 2. The van der Waals surface area contributed by atoms with E-state index in [2.05, 4.69) is 47.8 Å². The van der Waals surface area contributed by atoms with Gasteiger partial charge in [-0.05, 0) is 87.3 Å². The molecule has 10 heteroatoms. The van der Waals surface area contributed by atoms with Gasteiger partial charge in [0.05, 0.1) is 35.3 Å². The van der Waals surface area contributed by atoms with E-state index >= 15 is 0 Å². The van der Waals surface area contributed by atoms with Gasteiger partial charge < -0.3 is 25.1 Å². The van der Waals surface area contributed by atoms with Crippen molar-refractivity contribution in [2.24, 2.45) is 15.9 Å². The molecule has 0 aliphatic carbocycles. The molecule has 10 nitrogen and oxygen atoms in total. The van der Waals surface area contributed by atoms with E-state index in [0.717, 1.165) is 50.3 Å². The maximum Gasteiger partial charge on any atom is 0.220 e. The molecule has 0 aromatic carbocycles. The van der Waals surface area contributed by atoms with Crippen LogP contribution in [0.3, 0.4) is 0 Å². The third-order valence-electron chi connectivity index (χ3n) is 9.69.